The van der Waals surface area contributed by atoms with Crippen LogP contribution in [0.4, 0.5) is 5.69 Å². The summed E-state index contributed by atoms with van der Waals surface area (Å²) in [5, 5.41) is 3.21. The largest absolute Gasteiger partial charge is 0.431 e. The number of nitrogens with one attached hydrogen (secondary N) is 1. The molecule has 2 atom stereocenters. The van der Waals surface area contributed by atoms with Gasteiger partial charge in [0.25, 0.3) is 5.22 Å². The summed E-state index contributed by atoms with van der Waals surface area (Å²) in [4.78, 5) is 16.8. The maximum Gasteiger partial charge on any atom is 0.257 e. The molecule has 1 aromatic heterocycles. The Morgan fingerprint density at radius 2 is 1.81 bits per heavy atom. The predicted molar refractivity (Wildman–Crippen MR) is 122 cm³/mol. The van der Waals surface area contributed by atoms with E-state index in [4.69, 9.17) is 4.42 Å². The van der Waals surface area contributed by atoms with Gasteiger partial charge in [0.2, 0.25) is 15.9 Å². The van der Waals surface area contributed by atoms with Crippen molar-refractivity contribution in [3.63, 3.8) is 0 Å². The molecule has 1 saturated heterocycles. The normalized spacial score (nSPS) is 20.1. The summed E-state index contributed by atoms with van der Waals surface area (Å²) in [6, 6.07) is 13.7. The number of para-hydroxylation sites is 2. The van der Waals surface area contributed by atoms with E-state index < -0.39 is 10.0 Å². The van der Waals surface area contributed by atoms with E-state index in [1.54, 1.807) is 28.6 Å². The van der Waals surface area contributed by atoms with E-state index >= 15 is 0 Å². The third-order valence-electron chi connectivity index (χ3n) is 5.21. The number of anilines is 1. The van der Waals surface area contributed by atoms with Gasteiger partial charge >= 0.3 is 0 Å². The summed E-state index contributed by atoms with van der Waals surface area (Å²) in [6.07, 6.45) is 1.04. The third-order valence-corrected chi connectivity index (χ3v) is 7.89. The lowest BCUT2D eigenvalue weighted by molar-refractivity contribution is -0.113. The summed E-state index contributed by atoms with van der Waals surface area (Å²) in [5.74, 6) is 0.601. The van der Waals surface area contributed by atoms with Crippen molar-refractivity contribution >= 4 is 44.5 Å². The lowest BCUT2D eigenvalue weighted by Gasteiger charge is -2.34. The number of fused-ring (bicyclic) bond motifs is 1. The summed E-state index contributed by atoms with van der Waals surface area (Å²) in [6.45, 7) is 5.24. The average molecular weight is 460 g/mol. The SMILES string of the molecule is C[C@@H]1C[C@H](C)CN(S(=O)(=O)c2ccc(NC(=O)CSc3nc4ccccc4o3)cc2)C1. The van der Waals surface area contributed by atoms with Crippen LogP contribution in [0.3, 0.4) is 0 Å². The number of benzene rings is 2. The highest BCUT2D eigenvalue weighted by molar-refractivity contribution is 7.99. The van der Waals surface area contributed by atoms with E-state index in [0.29, 0.717) is 41.4 Å². The molecular formula is C22H25N3O4S2. The van der Waals surface area contributed by atoms with Crippen molar-refractivity contribution in [3.8, 4) is 0 Å². The molecule has 9 heteroatoms. The Morgan fingerprint density at radius 1 is 1.13 bits per heavy atom. The lowest BCUT2D eigenvalue weighted by Crippen LogP contribution is -2.42. The maximum absolute atomic E-state index is 13.0. The van der Waals surface area contributed by atoms with Gasteiger partial charge in [-0.3, -0.25) is 4.79 Å². The minimum absolute atomic E-state index is 0.135. The Labute approximate surface area is 186 Å². The number of hydrogen-bond acceptors (Lipinski definition) is 6. The van der Waals surface area contributed by atoms with Gasteiger partial charge in [0.1, 0.15) is 5.52 Å². The summed E-state index contributed by atoms with van der Waals surface area (Å²) >= 11 is 1.21. The Kier molecular flexibility index (Phi) is 6.36. The van der Waals surface area contributed by atoms with Crippen molar-refractivity contribution in [2.45, 2.75) is 30.4 Å². The van der Waals surface area contributed by atoms with Crippen molar-refractivity contribution in [2.24, 2.45) is 11.8 Å². The van der Waals surface area contributed by atoms with Crippen LogP contribution in [0.15, 0.2) is 63.1 Å². The molecule has 0 aliphatic carbocycles. The number of rotatable bonds is 6. The molecule has 1 aliphatic heterocycles. The Hall–Kier alpha value is -2.36. The molecule has 1 fully saturated rings. The second-order valence-electron chi connectivity index (χ2n) is 8.08. The van der Waals surface area contributed by atoms with Crippen LogP contribution in [0.2, 0.25) is 0 Å². The van der Waals surface area contributed by atoms with Gasteiger partial charge in [-0.1, -0.05) is 37.7 Å². The fourth-order valence-electron chi connectivity index (χ4n) is 3.90. The Balaban J connectivity index is 1.36. The monoisotopic (exact) mass is 459 g/mol. The molecule has 0 saturated carbocycles. The first kappa shape index (κ1) is 21.9. The Bertz CT molecular complexity index is 1130. The van der Waals surface area contributed by atoms with Gasteiger partial charge in [0.05, 0.1) is 10.6 Å². The second-order valence-corrected chi connectivity index (χ2v) is 10.9. The van der Waals surface area contributed by atoms with Gasteiger partial charge in [-0.2, -0.15) is 4.31 Å². The molecule has 3 aromatic rings. The molecule has 0 spiro atoms. The van der Waals surface area contributed by atoms with E-state index in [-0.39, 0.29) is 16.6 Å². The van der Waals surface area contributed by atoms with Crippen LogP contribution in [0.25, 0.3) is 11.1 Å². The van der Waals surface area contributed by atoms with Crippen molar-refractivity contribution in [1.82, 2.24) is 9.29 Å². The molecule has 1 amide bonds. The van der Waals surface area contributed by atoms with E-state index in [1.165, 1.54) is 11.8 Å². The van der Waals surface area contributed by atoms with Crippen LogP contribution in [0.1, 0.15) is 20.3 Å². The zero-order valence-corrected chi connectivity index (χ0v) is 19.1. The third kappa shape index (κ3) is 5.11. The van der Waals surface area contributed by atoms with Crippen molar-refractivity contribution in [2.75, 3.05) is 24.2 Å². The molecule has 0 unspecified atom stereocenters. The van der Waals surface area contributed by atoms with E-state index in [1.807, 2.05) is 24.3 Å². The molecule has 2 heterocycles. The van der Waals surface area contributed by atoms with Crippen LogP contribution in [0.5, 0.6) is 0 Å². The minimum atomic E-state index is -3.54. The fourth-order valence-corrected chi connectivity index (χ4v) is 6.22. The first-order valence-corrected chi connectivity index (χ1v) is 12.6. The zero-order valence-electron chi connectivity index (χ0n) is 17.4. The number of carbonyl (C=O) groups excluding carboxylic acids is 1. The minimum Gasteiger partial charge on any atom is -0.431 e. The van der Waals surface area contributed by atoms with E-state index in [9.17, 15) is 13.2 Å². The molecule has 2 aromatic carbocycles. The number of aromatic nitrogens is 1. The number of hydrogen-bond donors (Lipinski definition) is 1. The van der Waals surface area contributed by atoms with E-state index in [0.717, 1.165) is 11.9 Å². The van der Waals surface area contributed by atoms with Crippen LogP contribution < -0.4 is 5.32 Å². The number of amides is 1. The van der Waals surface area contributed by atoms with E-state index in [2.05, 4.69) is 24.1 Å². The van der Waals surface area contributed by atoms with Crippen LogP contribution in [-0.2, 0) is 14.8 Å². The molecule has 0 radical (unpaired) electrons. The standard InChI is InChI=1S/C22H25N3O4S2/c1-15-11-16(2)13-25(12-15)31(27,28)18-9-7-17(8-10-18)23-21(26)14-30-22-24-19-5-3-4-6-20(19)29-22/h3-10,15-16H,11-14H2,1-2H3,(H,23,26)/t15-,16+. The molecule has 1 N–H and O–H groups in total. The van der Waals surface area contributed by atoms with Gasteiger partial charge in [0.15, 0.2) is 5.58 Å². The zero-order chi connectivity index (χ0) is 22.0. The quantitative estimate of drug-likeness (QED) is 0.555. The van der Waals surface area contributed by atoms with Crippen molar-refractivity contribution in [3.05, 3.63) is 48.5 Å². The molecular weight excluding hydrogens is 434 g/mol. The number of carbonyl (C=O) groups is 1. The van der Waals surface area contributed by atoms with Crippen molar-refractivity contribution in [1.29, 1.82) is 0 Å². The average Bonchev–Trinajstić information content (AvgIpc) is 3.15. The van der Waals surface area contributed by atoms with Gasteiger partial charge < -0.3 is 9.73 Å². The predicted octanol–water partition coefficient (Wildman–Crippen LogP) is 4.23. The van der Waals surface area contributed by atoms with Crippen molar-refractivity contribution < 1.29 is 17.6 Å². The molecule has 7 nitrogen and oxygen atoms in total. The van der Waals surface area contributed by atoms with Gasteiger partial charge in [-0.15, -0.1) is 0 Å². The fraction of sp³-hybridized carbons (Fsp3) is 0.364. The number of thioether (sulfide) groups is 1. The summed E-state index contributed by atoms with van der Waals surface area (Å²) in [7, 11) is -3.54. The van der Waals surface area contributed by atoms with Gasteiger partial charge in [-0.25, -0.2) is 13.4 Å². The lowest BCUT2D eigenvalue weighted by atomic mass is 9.94. The second kappa shape index (κ2) is 9.02. The highest BCUT2D eigenvalue weighted by atomic mass is 32.2. The van der Waals surface area contributed by atoms with Gasteiger partial charge in [-0.05, 0) is 54.7 Å². The Morgan fingerprint density at radius 3 is 2.48 bits per heavy atom. The number of sulfonamides is 1. The van der Waals surface area contributed by atoms with Crippen LogP contribution in [-0.4, -0.2) is 42.5 Å². The molecule has 31 heavy (non-hydrogen) atoms. The highest BCUT2D eigenvalue weighted by Gasteiger charge is 2.31. The summed E-state index contributed by atoms with van der Waals surface area (Å²) in [5.41, 5.74) is 1.97. The molecule has 1 aliphatic rings. The summed E-state index contributed by atoms with van der Waals surface area (Å²) < 4.78 is 33.1. The first-order chi connectivity index (χ1) is 14.8. The van der Waals surface area contributed by atoms with Crippen LogP contribution in [0, 0.1) is 11.8 Å². The smallest absolute Gasteiger partial charge is 0.257 e. The van der Waals surface area contributed by atoms with Gasteiger partial charge in [0, 0.05) is 18.8 Å². The highest BCUT2D eigenvalue weighted by Crippen LogP contribution is 2.27. The molecule has 0 bridgehead atoms. The number of oxazole rings is 1. The van der Waals surface area contributed by atoms with Crippen LogP contribution >= 0.6 is 11.8 Å². The first-order valence-electron chi connectivity index (χ1n) is 10.2. The maximum atomic E-state index is 13.0. The topological polar surface area (TPSA) is 92.5 Å². The number of piperidine rings is 1. The number of nitrogens with zero attached hydrogens (tertiary/aromatic N) is 2. The molecule has 164 valence electrons. The molecule has 4 rings (SSSR count).